The second-order valence-electron chi connectivity index (χ2n) is 8.36. The molecule has 0 radical (unpaired) electrons. The molecule has 0 saturated carbocycles. The number of carbonyl (C=O) groups excluding carboxylic acids is 2. The number of hydrogen-bond acceptors (Lipinski definition) is 7. The second kappa shape index (κ2) is 10.0. The summed E-state index contributed by atoms with van der Waals surface area (Å²) in [5.74, 6) is 0.227. The topological polar surface area (TPSA) is 77.5 Å². The average molecular weight is 447 g/mol. The van der Waals surface area contributed by atoms with Crippen LogP contribution in [0.5, 0.6) is 0 Å². The molecule has 0 bridgehead atoms. The molecule has 1 amide bonds. The molecule has 8 heteroatoms. The van der Waals surface area contributed by atoms with Gasteiger partial charge in [0.2, 0.25) is 0 Å². The fraction of sp³-hybridized carbons (Fsp3) is 0.583. The van der Waals surface area contributed by atoms with E-state index in [1.807, 2.05) is 42.9 Å². The molecule has 8 nitrogen and oxygen atoms in total. The van der Waals surface area contributed by atoms with Gasteiger partial charge in [-0.3, -0.25) is 4.79 Å². The highest BCUT2D eigenvalue weighted by molar-refractivity contribution is 6.24. The highest BCUT2D eigenvalue weighted by Gasteiger charge is 2.55. The molecule has 0 unspecified atom stereocenters. The van der Waals surface area contributed by atoms with Crippen LogP contribution in [0.1, 0.15) is 42.0 Å². The zero-order valence-corrected chi connectivity index (χ0v) is 19.9. The van der Waals surface area contributed by atoms with Gasteiger partial charge in [-0.05, 0) is 57.2 Å². The van der Waals surface area contributed by atoms with E-state index in [-0.39, 0.29) is 12.5 Å². The number of nitrogens with zero attached hydrogens (tertiary/aromatic N) is 2. The zero-order valence-electron chi connectivity index (χ0n) is 19.9. The lowest BCUT2D eigenvalue weighted by molar-refractivity contribution is -0.164. The molecule has 0 N–H and O–H groups in total. The number of amides is 1. The largest absolute Gasteiger partial charge is 0.513 e. The summed E-state index contributed by atoms with van der Waals surface area (Å²) in [5.41, 5.74) is 3.53. The first-order valence-corrected chi connectivity index (χ1v) is 11.1. The summed E-state index contributed by atoms with van der Waals surface area (Å²) < 4.78 is 16.3. The summed E-state index contributed by atoms with van der Waals surface area (Å²) in [4.78, 5) is 33.6. The van der Waals surface area contributed by atoms with Crippen LogP contribution in [0.25, 0.3) is 5.57 Å². The normalized spacial score (nSPS) is 18.6. The molecule has 3 rings (SSSR count). The quantitative estimate of drug-likeness (QED) is 0.594. The van der Waals surface area contributed by atoms with Crippen molar-refractivity contribution < 1.29 is 28.6 Å². The maximum absolute atomic E-state index is 13.9. The molecule has 0 aliphatic carbocycles. The number of hydrogen-bond donors (Lipinski definition) is 0. The SMILES string of the molecule is CCOC(=O)OC1=C(c2c(C)cc(C)cc2C)C(=O)N(CCOC)C12CCN(OC)CC2. The summed E-state index contributed by atoms with van der Waals surface area (Å²) in [6.07, 6.45) is 0.342. The van der Waals surface area contributed by atoms with Crippen LogP contribution in [0, 0.1) is 20.8 Å². The summed E-state index contributed by atoms with van der Waals surface area (Å²) in [6.45, 7) is 9.88. The van der Waals surface area contributed by atoms with Gasteiger partial charge in [0.25, 0.3) is 5.91 Å². The monoisotopic (exact) mass is 446 g/mol. The van der Waals surface area contributed by atoms with Crippen molar-refractivity contribution >= 4 is 17.6 Å². The van der Waals surface area contributed by atoms with E-state index in [4.69, 9.17) is 19.0 Å². The Kier molecular flexibility index (Phi) is 7.59. The van der Waals surface area contributed by atoms with Crippen molar-refractivity contribution in [3.8, 4) is 0 Å². The summed E-state index contributed by atoms with van der Waals surface area (Å²) >= 11 is 0. The fourth-order valence-electron chi connectivity index (χ4n) is 4.99. The van der Waals surface area contributed by atoms with Gasteiger partial charge < -0.3 is 23.9 Å². The van der Waals surface area contributed by atoms with E-state index in [1.54, 1.807) is 21.1 Å². The van der Waals surface area contributed by atoms with Crippen LogP contribution in [0.2, 0.25) is 0 Å². The van der Waals surface area contributed by atoms with Gasteiger partial charge in [-0.25, -0.2) is 4.79 Å². The van der Waals surface area contributed by atoms with Crippen LogP contribution in [-0.4, -0.2) is 74.6 Å². The first-order valence-electron chi connectivity index (χ1n) is 11.1. The van der Waals surface area contributed by atoms with Crippen LogP contribution in [0.4, 0.5) is 4.79 Å². The van der Waals surface area contributed by atoms with Crippen LogP contribution < -0.4 is 0 Å². The lowest BCUT2D eigenvalue weighted by Crippen LogP contribution is -2.56. The van der Waals surface area contributed by atoms with E-state index in [9.17, 15) is 9.59 Å². The third-order valence-corrected chi connectivity index (χ3v) is 6.33. The Labute approximate surface area is 190 Å². The Balaban J connectivity index is 2.21. The number of rotatable bonds is 7. The Bertz CT molecular complexity index is 879. The molecule has 1 aromatic carbocycles. The average Bonchev–Trinajstić information content (AvgIpc) is 2.94. The molecular weight excluding hydrogens is 412 g/mol. The standard InChI is InChI=1S/C24H34N2O6/c1-7-31-23(28)32-21-20(19-17(3)14-16(2)15-18(19)4)22(27)26(12-13-29-5)24(21)8-10-25(30-6)11-9-24/h14-15H,7-13H2,1-6H3. The Morgan fingerprint density at radius 1 is 1.09 bits per heavy atom. The summed E-state index contributed by atoms with van der Waals surface area (Å²) in [6, 6.07) is 4.09. The molecule has 1 fully saturated rings. The van der Waals surface area contributed by atoms with Gasteiger partial charge in [0.15, 0.2) is 5.76 Å². The molecule has 2 heterocycles. The van der Waals surface area contributed by atoms with E-state index in [0.717, 1.165) is 22.3 Å². The van der Waals surface area contributed by atoms with E-state index in [1.165, 1.54) is 0 Å². The van der Waals surface area contributed by atoms with Crippen LogP contribution in [-0.2, 0) is 23.8 Å². The molecule has 1 spiro atoms. The predicted molar refractivity (Wildman–Crippen MR) is 120 cm³/mol. The lowest BCUT2D eigenvalue weighted by atomic mass is 9.84. The molecule has 0 atom stereocenters. The lowest BCUT2D eigenvalue weighted by Gasteiger charge is -2.44. The summed E-state index contributed by atoms with van der Waals surface area (Å²) in [7, 11) is 3.25. The number of aryl methyl sites for hydroxylation is 3. The number of benzene rings is 1. The summed E-state index contributed by atoms with van der Waals surface area (Å²) in [5, 5.41) is 1.85. The number of piperidine rings is 1. The minimum absolute atomic E-state index is 0.151. The van der Waals surface area contributed by atoms with Gasteiger partial charge in [0, 0.05) is 26.7 Å². The second-order valence-corrected chi connectivity index (χ2v) is 8.36. The van der Waals surface area contributed by atoms with Gasteiger partial charge in [-0.2, -0.15) is 5.06 Å². The fourth-order valence-corrected chi connectivity index (χ4v) is 4.99. The Hall–Kier alpha value is -2.42. The maximum atomic E-state index is 13.9. The predicted octanol–water partition coefficient (Wildman–Crippen LogP) is 3.38. The van der Waals surface area contributed by atoms with Gasteiger partial charge in [-0.15, -0.1) is 0 Å². The van der Waals surface area contributed by atoms with Crippen molar-refractivity contribution in [2.75, 3.05) is 47.1 Å². The third kappa shape index (κ3) is 4.40. The minimum atomic E-state index is -0.794. The van der Waals surface area contributed by atoms with E-state index < -0.39 is 11.7 Å². The molecule has 0 aromatic heterocycles. The molecule has 2 aliphatic heterocycles. The van der Waals surface area contributed by atoms with Crippen molar-refractivity contribution in [2.24, 2.45) is 0 Å². The molecule has 2 aliphatic rings. The first-order chi connectivity index (χ1) is 15.3. The molecular formula is C24H34N2O6. The van der Waals surface area contributed by atoms with Gasteiger partial charge in [0.1, 0.15) is 5.54 Å². The molecule has 1 aromatic rings. The van der Waals surface area contributed by atoms with E-state index >= 15 is 0 Å². The van der Waals surface area contributed by atoms with Crippen LogP contribution in [0.15, 0.2) is 17.9 Å². The van der Waals surface area contributed by atoms with Gasteiger partial charge >= 0.3 is 6.16 Å². The highest BCUT2D eigenvalue weighted by Crippen LogP contribution is 2.48. The molecule has 32 heavy (non-hydrogen) atoms. The van der Waals surface area contributed by atoms with Crippen LogP contribution in [0.3, 0.4) is 0 Å². The maximum Gasteiger partial charge on any atom is 0.513 e. The van der Waals surface area contributed by atoms with Crippen LogP contribution >= 0.6 is 0 Å². The van der Waals surface area contributed by atoms with Crippen molar-refractivity contribution in [3.05, 3.63) is 40.1 Å². The number of carbonyl (C=O) groups is 2. The zero-order chi connectivity index (χ0) is 23.5. The van der Waals surface area contributed by atoms with Gasteiger partial charge in [0.05, 0.1) is 25.9 Å². The Morgan fingerprint density at radius 3 is 2.25 bits per heavy atom. The first kappa shape index (κ1) is 24.2. The van der Waals surface area contributed by atoms with Crippen molar-refractivity contribution in [2.45, 2.75) is 46.1 Å². The van der Waals surface area contributed by atoms with Crippen molar-refractivity contribution in [1.29, 1.82) is 0 Å². The third-order valence-electron chi connectivity index (χ3n) is 6.33. The van der Waals surface area contributed by atoms with Gasteiger partial charge in [-0.1, -0.05) is 17.7 Å². The van der Waals surface area contributed by atoms with E-state index in [0.29, 0.717) is 50.4 Å². The minimum Gasteiger partial charge on any atom is -0.434 e. The molecule has 176 valence electrons. The van der Waals surface area contributed by atoms with Crippen molar-refractivity contribution in [3.63, 3.8) is 0 Å². The number of ether oxygens (including phenoxy) is 3. The van der Waals surface area contributed by atoms with Crippen molar-refractivity contribution in [1.82, 2.24) is 9.96 Å². The molecule has 1 saturated heterocycles. The number of methoxy groups -OCH3 is 1. The Morgan fingerprint density at radius 2 is 1.72 bits per heavy atom. The highest BCUT2D eigenvalue weighted by atomic mass is 16.7. The van der Waals surface area contributed by atoms with E-state index in [2.05, 4.69) is 0 Å². The number of hydroxylamine groups is 2. The smallest absolute Gasteiger partial charge is 0.434 e.